The Morgan fingerprint density at radius 2 is 2.16 bits per heavy atom. The van der Waals surface area contributed by atoms with Crippen molar-refractivity contribution in [3.8, 4) is 5.75 Å². The van der Waals surface area contributed by atoms with Crippen LogP contribution in [0.4, 0.5) is 5.69 Å². The standard InChI is InChI=1S/C16H25NO2/c1-3-13-7-8-15(11-13)17-14-5-4-6-16(12-14)19-10-9-18-2/h4-6,12-13,15,17H,3,7-11H2,1-2H3. The molecule has 0 spiro atoms. The number of benzene rings is 1. The van der Waals surface area contributed by atoms with Crippen LogP contribution in [-0.4, -0.2) is 26.4 Å². The molecule has 1 aromatic rings. The molecule has 0 amide bonds. The van der Waals surface area contributed by atoms with Gasteiger partial charge in [-0.15, -0.1) is 0 Å². The molecule has 0 aliphatic heterocycles. The van der Waals surface area contributed by atoms with E-state index in [4.69, 9.17) is 9.47 Å². The van der Waals surface area contributed by atoms with E-state index in [-0.39, 0.29) is 0 Å². The Labute approximate surface area is 116 Å². The molecule has 0 aromatic heterocycles. The lowest BCUT2D eigenvalue weighted by Crippen LogP contribution is -2.15. The molecule has 1 aromatic carbocycles. The highest BCUT2D eigenvalue weighted by molar-refractivity contribution is 5.49. The van der Waals surface area contributed by atoms with Gasteiger partial charge in [-0.05, 0) is 37.3 Å². The average Bonchev–Trinajstić information content (AvgIpc) is 2.87. The van der Waals surface area contributed by atoms with Crippen LogP contribution < -0.4 is 10.1 Å². The fraction of sp³-hybridized carbons (Fsp3) is 0.625. The Morgan fingerprint density at radius 3 is 2.89 bits per heavy atom. The van der Waals surface area contributed by atoms with Gasteiger partial charge in [-0.3, -0.25) is 0 Å². The molecule has 1 N–H and O–H groups in total. The molecule has 2 rings (SSSR count). The summed E-state index contributed by atoms with van der Waals surface area (Å²) in [5.74, 6) is 1.81. The molecule has 19 heavy (non-hydrogen) atoms. The predicted octanol–water partition coefficient (Wildman–Crippen LogP) is 3.70. The summed E-state index contributed by atoms with van der Waals surface area (Å²) in [6.45, 7) is 3.51. The number of nitrogens with one attached hydrogen (secondary N) is 1. The zero-order valence-electron chi connectivity index (χ0n) is 12.0. The van der Waals surface area contributed by atoms with Crippen molar-refractivity contribution in [2.75, 3.05) is 25.6 Å². The lowest BCUT2D eigenvalue weighted by atomic mass is 10.1. The van der Waals surface area contributed by atoms with Gasteiger partial charge in [-0.2, -0.15) is 0 Å². The van der Waals surface area contributed by atoms with Crippen molar-refractivity contribution < 1.29 is 9.47 Å². The minimum Gasteiger partial charge on any atom is -0.491 e. The highest BCUT2D eigenvalue weighted by atomic mass is 16.5. The van der Waals surface area contributed by atoms with Gasteiger partial charge in [0.1, 0.15) is 12.4 Å². The third-order valence-electron chi connectivity index (χ3n) is 3.88. The molecule has 2 unspecified atom stereocenters. The summed E-state index contributed by atoms with van der Waals surface area (Å²) in [5.41, 5.74) is 1.16. The van der Waals surface area contributed by atoms with Gasteiger partial charge < -0.3 is 14.8 Å². The molecule has 3 heteroatoms. The molecule has 1 aliphatic carbocycles. The molecule has 0 heterocycles. The fourth-order valence-electron chi connectivity index (χ4n) is 2.73. The second kappa shape index (κ2) is 7.39. The molecule has 1 aliphatic rings. The van der Waals surface area contributed by atoms with Gasteiger partial charge in [0.25, 0.3) is 0 Å². The Bertz CT molecular complexity index is 381. The third kappa shape index (κ3) is 4.43. The van der Waals surface area contributed by atoms with Crippen LogP contribution in [-0.2, 0) is 4.74 Å². The molecule has 1 saturated carbocycles. The maximum Gasteiger partial charge on any atom is 0.121 e. The highest BCUT2D eigenvalue weighted by Gasteiger charge is 2.22. The molecule has 0 bridgehead atoms. The fourth-order valence-corrected chi connectivity index (χ4v) is 2.73. The largest absolute Gasteiger partial charge is 0.491 e. The first-order valence-corrected chi connectivity index (χ1v) is 7.30. The lowest BCUT2D eigenvalue weighted by Gasteiger charge is -2.15. The van der Waals surface area contributed by atoms with Gasteiger partial charge in [0.05, 0.1) is 6.61 Å². The van der Waals surface area contributed by atoms with Crippen LogP contribution in [0.25, 0.3) is 0 Å². The Kier molecular flexibility index (Phi) is 5.52. The topological polar surface area (TPSA) is 30.5 Å². The van der Waals surface area contributed by atoms with Crippen LogP contribution in [0.1, 0.15) is 32.6 Å². The van der Waals surface area contributed by atoms with Crippen LogP contribution in [0.15, 0.2) is 24.3 Å². The zero-order valence-corrected chi connectivity index (χ0v) is 12.0. The minimum absolute atomic E-state index is 0.599. The first-order chi connectivity index (χ1) is 9.31. The Morgan fingerprint density at radius 1 is 1.26 bits per heavy atom. The van der Waals surface area contributed by atoms with E-state index < -0.39 is 0 Å². The van der Waals surface area contributed by atoms with Crippen molar-refractivity contribution in [2.24, 2.45) is 5.92 Å². The zero-order chi connectivity index (χ0) is 13.5. The SMILES string of the molecule is CCC1CCC(Nc2cccc(OCCOC)c2)C1. The second-order valence-corrected chi connectivity index (χ2v) is 5.30. The van der Waals surface area contributed by atoms with E-state index >= 15 is 0 Å². The van der Waals surface area contributed by atoms with E-state index in [0.717, 1.165) is 17.4 Å². The molecule has 2 atom stereocenters. The van der Waals surface area contributed by atoms with Crippen molar-refractivity contribution in [1.82, 2.24) is 0 Å². The quantitative estimate of drug-likeness (QED) is 0.761. The molecular weight excluding hydrogens is 238 g/mol. The van der Waals surface area contributed by atoms with Gasteiger partial charge >= 0.3 is 0 Å². The summed E-state index contributed by atoms with van der Waals surface area (Å²) in [7, 11) is 1.69. The molecule has 106 valence electrons. The first kappa shape index (κ1) is 14.2. The number of hydrogen-bond donors (Lipinski definition) is 1. The van der Waals surface area contributed by atoms with E-state index in [1.54, 1.807) is 7.11 Å². The van der Waals surface area contributed by atoms with E-state index in [1.165, 1.54) is 25.7 Å². The van der Waals surface area contributed by atoms with Gasteiger partial charge in [0.15, 0.2) is 0 Å². The van der Waals surface area contributed by atoms with Gasteiger partial charge in [-0.25, -0.2) is 0 Å². The first-order valence-electron chi connectivity index (χ1n) is 7.30. The number of rotatable bonds is 7. The second-order valence-electron chi connectivity index (χ2n) is 5.30. The third-order valence-corrected chi connectivity index (χ3v) is 3.88. The number of anilines is 1. The van der Waals surface area contributed by atoms with Crippen LogP contribution >= 0.6 is 0 Å². The summed E-state index contributed by atoms with van der Waals surface area (Å²) in [5, 5.41) is 3.62. The maximum absolute atomic E-state index is 5.63. The summed E-state index contributed by atoms with van der Waals surface area (Å²) in [4.78, 5) is 0. The summed E-state index contributed by atoms with van der Waals surface area (Å²) in [6, 6.07) is 8.84. The van der Waals surface area contributed by atoms with Crippen LogP contribution in [0.3, 0.4) is 0 Å². The van der Waals surface area contributed by atoms with Gasteiger partial charge in [-0.1, -0.05) is 19.4 Å². The maximum atomic E-state index is 5.63. The number of hydrogen-bond acceptors (Lipinski definition) is 3. The van der Waals surface area contributed by atoms with E-state index in [1.807, 2.05) is 12.1 Å². The normalized spacial score (nSPS) is 22.4. The van der Waals surface area contributed by atoms with Crippen molar-refractivity contribution in [1.29, 1.82) is 0 Å². The average molecular weight is 263 g/mol. The monoisotopic (exact) mass is 263 g/mol. The molecule has 0 saturated heterocycles. The molecule has 1 fully saturated rings. The lowest BCUT2D eigenvalue weighted by molar-refractivity contribution is 0.146. The van der Waals surface area contributed by atoms with Crippen molar-refractivity contribution in [2.45, 2.75) is 38.6 Å². The molecular formula is C16H25NO2. The summed E-state index contributed by atoms with van der Waals surface area (Å²) >= 11 is 0. The Balaban J connectivity index is 1.85. The van der Waals surface area contributed by atoms with Crippen molar-refractivity contribution >= 4 is 5.69 Å². The highest BCUT2D eigenvalue weighted by Crippen LogP contribution is 2.30. The smallest absolute Gasteiger partial charge is 0.121 e. The van der Waals surface area contributed by atoms with Crippen LogP contribution in [0, 0.1) is 5.92 Å². The van der Waals surface area contributed by atoms with Crippen LogP contribution in [0.2, 0.25) is 0 Å². The molecule has 0 radical (unpaired) electrons. The van der Waals surface area contributed by atoms with E-state index in [9.17, 15) is 0 Å². The van der Waals surface area contributed by atoms with E-state index in [0.29, 0.717) is 19.3 Å². The Hall–Kier alpha value is -1.22. The molecule has 3 nitrogen and oxygen atoms in total. The van der Waals surface area contributed by atoms with E-state index in [2.05, 4.69) is 24.4 Å². The number of methoxy groups -OCH3 is 1. The van der Waals surface area contributed by atoms with Gasteiger partial charge in [0, 0.05) is 24.9 Å². The van der Waals surface area contributed by atoms with Crippen LogP contribution in [0.5, 0.6) is 5.75 Å². The van der Waals surface area contributed by atoms with Crippen molar-refractivity contribution in [3.63, 3.8) is 0 Å². The summed E-state index contributed by atoms with van der Waals surface area (Å²) in [6.07, 6.45) is 5.25. The van der Waals surface area contributed by atoms with Gasteiger partial charge in [0.2, 0.25) is 0 Å². The minimum atomic E-state index is 0.599. The predicted molar refractivity (Wildman–Crippen MR) is 78.9 cm³/mol. The summed E-state index contributed by atoms with van der Waals surface area (Å²) < 4.78 is 10.6. The number of ether oxygens (including phenoxy) is 2. The van der Waals surface area contributed by atoms with Crippen molar-refractivity contribution in [3.05, 3.63) is 24.3 Å².